The smallest absolute Gasteiger partial charge is 0.131 e. The molecule has 2 aromatic rings. The van der Waals surface area contributed by atoms with E-state index in [1.165, 1.54) is 28.6 Å². The van der Waals surface area contributed by atoms with E-state index in [-0.39, 0.29) is 0 Å². The Bertz CT molecular complexity index is 820. The number of para-hydroxylation sites is 1. The summed E-state index contributed by atoms with van der Waals surface area (Å²) in [6.07, 6.45) is 4.59. The Morgan fingerprint density at radius 3 is 2.96 bits per heavy atom. The van der Waals surface area contributed by atoms with Crippen LogP contribution >= 0.6 is 0 Å². The fourth-order valence-corrected chi connectivity index (χ4v) is 6.02. The lowest BCUT2D eigenvalue weighted by molar-refractivity contribution is -0.978. The van der Waals surface area contributed by atoms with Crippen LogP contribution < -0.4 is 0 Å². The number of fused-ring (bicyclic) bond motifs is 4. The fourth-order valence-electron chi connectivity index (χ4n) is 6.02. The summed E-state index contributed by atoms with van der Waals surface area (Å²) >= 11 is 0. The second-order valence-corrected chi connectivity index (χ2v) is 7.91. The van der Waals surface area contributed by atoms with Gasteiger partial charge in [-0.05, 0) is 24.1 Å². The normalized spacial score (nSPS) is 39.9. The number of likely N-dealkylation sites (N-methyl/N-ethyl adjacent to an activating group) is 1. The van der Waals surface area contributed by atoms with Crippen molar-refractivity contribution in [1.82, 2.24) is 4.98 Å². The number of hydrogen-bond acceptors (Lipinski definition) is 1. The van der Waals surface area contributed by atoms with Gasteiger partial charge in [-0.15, -0.1) is 0 Å². The number of quaternary nitrogens is 1. The van der Waals surface area contributed by atoms with Crippen LogP contribution in [0.4, 0.5) is 0 Å². The van der Waals surface area contributed by atoms with Gasteiger partial charge in [0, 0.05) is 35.6 Å². The summed E-state index contributed by atoms with van der Waals surface area (Å²) in [5, 5.41) is 11.5. The van der Waals surface area contributed by atoms with Gasteiger partial charge >= 0.3 is 0 Å². The van der Waals surface area contributed by atoms with Gasteiger partial charge in [-0.25, -0.2) is 0 Å². The van der Waals surface area contributed by atoms with Gasteiger partial charge in [0.15, 0.2) is 0 Å². The van der Waals surface area contributed by atoms with Crippen molar-refractivity contribution in [3.05, 3.63) is 47.2 Å². The molecular weight excluding hydrogens is 284 g/mol. The quantitative estimate of drug-likeness (QED) is 0.616. The molecule has 0 aliphatic carbocycles. The molecule has 0 spiro atoms. The lowest BCUT2D eigenvalue weighted by Crippen LogP contribution is -2.70. The fraction of sp³-hybridized carbons (Fsp3) is 0.500. The summed E-state index contributed by atoms with van der Waals surface area (Å²) in [4.78, 5) is 3.75. The third-order valence-corrected chi connectivity index (χ3v) is 7.13. The third kappa shape index (κ3) is 1.57. The summed E-state index contributed by atoms with van der Waals surface area (Å²) in [5.74, 6) is 0.984. The maximum Gasteiger partial charge on any atom is 0.131 e. The Morgan fingerprint density at radius 2 is 2.17 bits per heavy atom. The van der Waals surface area contributed by atoms with Crippen LogP contribution in [-0.2, 0) is 6.42 Å². The number of rotatable bonds is 1. The van der Waals surface area contributed by atoms with Crippen LogP contribution in [0, 0.1) is 11.8 Å². The molecule has 120 valence electrons. The standard InChI is InChI=1S/C20H25N2O/c1-3-12-10-22(2)18-9-15-13-6-4-5-7-17(13)21-20(15)19(22)8-14(12)16(18)11-23/h3-7,14,16,18-19,21,23H,8-11H2,1-2H3/q+1/b12-3-. The minimum Gasteiger partial charge on any atom is -0.396 e. The highest BCUT2D eigenvalue weighted by atomic mass is 16.3. The van der Waals surface area contributed by atoms with E-state index in [2.05, 4.69) is 49.3 Å². The predicted molar refractivity (Wildman–Crippen MR) is 92.0 cm³/mol. The number of aromatic amines is 1. The van der Waals surface area contributed by atoms with Crippen molar-refractivity contribution in [3.8, 4) is 0 Å². The first-order chi connectivity index (χ1) is 11.2. The van der Waals surface area contributed by atoms with E-state index in [9.17, 15) is 5.11 Å². The van der Waals surface area contributed by atoms with Crippen molar-refractivity contribution in [2.75, 3.05) is 20.2 Å². The first-order valence-corrected chi connectivity index (χ1v) is 8.87. The molecule has 4 bridgehead atoms. The number of piperidine rings is 3. The molecule has 6 rings (SSSR count). The van der Waals surface area contributed by atoms with Gasteiger partial charge < -0.3 is 14.6 Å². The van der Waals surface area contributed by atoms with E-state index in [1.54, 1.807) is 5.57 Å². The van der Waals surface area contributed by atoms with Crippen LogP contribution in [0.25, 0.3) is 10.9 Å². The van der Waals surface area contributed by atoms with E-state index in [0.29, 0.717) is 30.5 Å². The van der Waals surface area contributed by atoms with E-state index < -0.39 is 0 Å². The second-order valence-electron chi connectivity index (χ2n) is 7.91. The Balaban J connectivity index is 1.73. The number of allylic oxidation sites excluding steroid dienone is 1. The number of nitrogens with zero attached hydrogens (tertiary/aromatic N) is 1. The third-order valence-electron chi connectivity index (χ3n) is 7.13. The molecule has 4 aliphatic heterocycles. The Hall–Kier alpha value is -1.58. The lowest BCUT2D eigenvalue weighted by Gasteiger charge is -2.62. The van der Waals surface area contributed by atoms with Crippen molar-refractivity contribution < 1.29 is 9.59 Å². The Morgan fingerprint density at radius 1 is 1.35 bits per heavy atom. The average molecular weight is 309 g/mol. The van der Waals surface area contributed by atoms with Gasteiger partial charge in [0.2, 0.25) is 0 Å². The number of aliphatic hydroxyl groups excluding tert-OH is 1. The average Bonchev–Trinajstić information content (AvgIpc) is 2.92. The topological polar surface area (TPSA) is 36.0 Å². The molecule has 0 saturated carbocycles. The van der Waals surface area contributed by atoms with Crippen LogP contribution in [0.1, 0.15) is 30.6 Å². The van der Waals surface area contributed by atoms with Gasteiger partial charge in [0.1, 0.15) is 12.6 Å². The first kappa shape index (κ1) is 13.8. The zero-order valence-electron chi connectivity index (χ0n) is 13.9. The van der Waals surface area contributed by atoms with Gasteiger partial charge in [0.25, 0.3) is 0 Å². The molecule has 0 amide bonds. The zero-order valence-corrected chi connectivity index (χ0v) is 13.9. The summed E-state index contributed by atoms with van der Waals surface area (Å²) in [7, 11) is 2.42. The number of aromatic nitrogens is 1. The highest BCUT2D eigenvalue weighted by molar-refractivity contribution is 5.85. The van der Waals surface area contributed by atoms with Gasteiger partial charge in [-0.3, -0.25) is 0 Å². The Kier molecular flexibility index (Phi) is 2.70. The summed E-state index contributed by atoms with van der Waals surface area (Å²) in [6, 6.07) is 9.84. The van der Waals surface area contributed by atoms with Crippen molar-refractivity contribution in [1.29, 1.82) is 0 Å². The van der Waals surface area contributed by atoms with Crippen LogP contribution in [0.3, 0.4) is 0 Å². The van der Waals surface area contributed by atoms with E-state index in [0.717, 1.165) is 17.4 Å². The van der Waals surface area contributed by atoms with Crippen LogP contribution in [-0.4, -0.2) is 40.8 Å². The molecule has 5 heterocycles. The molecule has 1 aromatic carbocycles. The number of benzene rings is 1. The summed E-state index contributed by atoms with van der Waals surface area (Å²) in [5.41, 5.74) is 5.84. The summed E-state index contributed by atoms with van der Waals surface area (Å²) < 4.78 is 1.08. The lowest BCUT2D eigenvalue weighted by atomic mass is 9.62. The van der Waals surface area contributed by atoms with Crippen LogP contribution in [0.5, 0.6) is 0 Å². The molecule has 2 N–H and O–H groups in total. The zero-order chi connectivity index (χ0) is 15.8. The van der Waals surface area contributed by atoms with Crippen molar-refractivity contribution in [2.24, 2.45) is 11.8 Å². The molecule has 3 saturated heterocycles. The number of hydrogen-bond donors (Lipinski definition) is 2. The minimum atomic E-state index is 0.324. The largest absolute Gasteiger partial charge is 0.396 e. The molecule has 5 unspecified atom stereocenters. The van der Waals surface area contributed by atoms with Crippen LogP contribution in [0.2, 0.25) is 0 Å². The maximum atomic E-state index is 10.1. The minimum absolute atomic E-state index is 0.324. The maximum absolute atomic E-state index is 10.1. The first-order valence-electron chi connectivity index (χ1n) is 8.87. The SMILES string of the molecule is C/C=C1/C[N+]2(C)C3CC1C(CO)C2Cc1c3[nH]c2ccccc12. The van der Waals surface area contributed by atoms with E-state index >= 15 is 0 Å². The number of H-pyrrole nitrogens is 1. The van der Waals surface area contributed by atoms with Crippen molar-refractivity contribution in [2.45, 2.75) is 31.8 Å². The highest BCUT2D eigenvalue weighted by Crippen LogP contribution is 2.57. The Labute approximate surface area is 137 Å². The highest BCUT2D eigenvalue weighted by Gasteiger charge is 2.61. The second kappa shape index (κ2) is 4.49. The molecule has 1 aromatic heterocycles. The van der Waals surface area contributed by atoms with Gasteiger partial charge in [-0.1, -0.05) is 24.3 Å². The summed E-state index contributed by atoms with van der Waals surface area (Å²) in [6.45, 7) is 3.65. The number of aliphatic hydroxyl groups is 1. The molecule has 3 heteroatoms. The van der Waals surface area contributed by atoms with Crippen molar-refractivity contribution in [3.63, 3.8) is 0 Å². The van der Waals surface area contributed by atoms with Gasteiger partial charge in [0.05, 0.1) is 25.4 Å². The van der Waals surface area contributed by atoms with E-state index in [4.69, 9.17) is 0 Å². The molecule has 4 aliphatic rings. The molecule has 0 radical (unpaired) electrons. The van der Waals surface area contributed by atoms with E-state index in [1.807, 2.05) is 0 Å². The molecule has 5 atom stereocenters. The molecular formula is C20H25N2O+. The molecule has 3 fully saturated rings. The molecule has 23 heavy (non-hydrogen) atoms. The van der Waals surface area contributed by atoms with Gasteiger partial charge in [-0.2, -0.15) is 0 Å². The monoisotopic (exact) mass is 309 g/mol. The predicted octanol–water partition coefficient (Wildman–Crippen LogP) is 3.17. The van der Waals surface area contributed by atoms with Crippen molar-refractivity contribution >= 4 is 10.9 Å². The number of nitrogens with one attached hydrogen (secondary N) is 1. The molecule has 3 nitrogen and oxygen atoms in total. The van der Waals surface area contributed by atoms with Crippen LogP contribution in [0.15, 0.2) is 35.9 Å².